The number of aromatic nitrogens is 2. The van der Waals surface area contributed by atoms with Gasteiger partial charge in [0.05, 0.1) is 0 Å². The second kappa shape index (κ2) is 7.22. The largest absolute Gasteiger partial charge is 0.422 e. The van der Waals surface area contributed by atoms with Gasteiger partial charge in [0.25, 0.3) is 6.29 Å². The van der Waals surface area contributed by atoms with Gasteiger partial charge < -0.3 is 19.7 Å². The third-order valence-corrected chi connectivity index (χ3v) is 4.36. The van der Waals surface area contributed by atoms with Crippen molar-refractivity contribution in [2.24, 2.45) is 0 Å². The fraction of sp³-hybridized carbons (Fsp3) is 0.278. The van der Waals surface area contributed by atoms with Crippen molar-refractivity contribution in [1.29, 1.82) is 0 Å². The molecule has 0 saturated carbocycles. The first-order valence-electron chi connectivity index (χ1n) is 7.98. The van der Waals surface area contributed by atoms with Crippen LogP contribution in [0.4, 0.5) is 0 Å². The van der Waals surface area contributed by atoms with Gasteiger partial charge in [0.1, 0.15) is 5.41 Å². The van der Waals surface area contributed by atoms with E-state index in [1.807, 2.05) is 0 Å². The molecule has 1 aliphatic heterocycles. The molecule has 2 aromatic rings. The maximum absolute atomic E-state index is 13.3. The zero-order valence-corrected chi connectivity index (χ0v) is 14.2. The quantitative estimate of drug-likeness (QED) is 0.550. The van der Waals surface area contributed by atoms with Gasteiger partial charge >= 0.3 is 11.9 Å². The molecule has 1 saturated heterocycles. The van der Waals surface area contributed by atoms with Gasteiger partial charge in [-0.05, 0) is 30.7 Å². The molecule has 3 rings (SSSR count). The molecule has 2 N–H and O–H groups in total. The lowest BCUT2D eigenvalue weighted by atomic mass is 9.76. The van der Waals surface area contributed by atoms with Gasteiger partial charge in [-0.2, -0.15) is 0 Å². The first-order chi connectivity index (χ1) is 12.9. The summed E-state index contributed by atoms with van der Waals surface area (Å²) in [5, 5.41) is 19.3. The fourth-order valence-corrected chi connectivity index (χ4v) is 2.71. The predicted molar refractivity (Wildman–Crippen MR) is 88.1 cm³/mol. The van der Waals surface area contributed by atoms with E-state index < -0.39 is 41.6 Å². The number of cyclic esters (lactones) is 2. The van der Waals surface area contributed by atoms with Gasteiger partial charge in [0.2, 0.25) is 0 Å². The van der Waals surface area contributed by atoms with Crippen LogP contribution in [0.2, 0.25) is 0 Å². The third kappa shape index (κ3) is 3.29. The summed E-state index contributed by atoms with van der Waals surface area (Å²) in [7, 11) is 0. The molecule has 0 radical (unpaired) electrons. The Kier molecular flexibility index (Phi) is 4.98. The van der Waals surface area contributed by atoms with Crippen LogP contribution in [-0.4, -0.2) is 56.4 Å². The Morgan fingerprint density at radius 1 is 1.00 bits per heavy atom. The molecule has 0 spiro atoms. The van der Waals surface area contributed by atoms with Gasteiger partial charge in [0.15, 0.2) is 18.0 Å². The average Bonchev–Trinajstić information content (AvgIpc) is 2.80. The Hall–Kier alpha value is -3.17. The van der Waals surface area contributed by atoms with E-state index in [1.165, 1.54) is 37.8 Å². The average molecular weight is 372 g/mol. The summed E-state index contributed by atoms with van der Waals surface area (Å²) in [6, 6.07) is 6.18. The number of rotatable bonds is 4. The number of hydrogen-bond acceptors (Lipinski definition) is 9. The summed E-state index contributed by atoms with van der Waals surface area (Å²) >= 11 is 0. The summed E-state index contributed by atoms with van der Waals surface area (Å²) in [6.45, 7) is 1.41. The predicted octanol–water partition coefficient (Wildman–Crippen LogP) is -0.235. The molecule has 9 nitrogen and oxygen atoms in total. The molecule has 2 aromatic heterocycles. The third-order valence-electron chi connectivity index (χ3n) is 4.36. The van der Waals surface area contributed by atoms with Crippen molar-refractivity contribution < 1.29 is 34.1 Å². The van der Waals surface area contributed by atoms with Crippen LogP contribution in [-0.2, 0) is 24.5 Å². The molecule has 0 amide bonds. The number of aliphatic hydroxyl groups is 2. The van der Waals surface area contributed by atoms with Crippen LogP contribution in [0.5, 0.6) is 0 Å². The maximum atomic E-state index is 13.3. The van der Waals surface area contributed by atoms with Crippen LogP contribution < -0.4 is 0 Å². The summed E-state index contributed by atoms with van der Waals surface area (Å²) in [5.41, 5.74) is -1.22. The molecule has 140 valence electrons. The summed E-state index contributed by atoms with van der Waals surface area (Å²) in [5.74, 6) is -3.13. The fourth-order valence-electron chi connectivity index (χ4n) is 2.71. The molecular formula is C18H16N2O7. The van der Waals surface area contributed by atoms with Crippen molar-refractivity contribution in [3.05, 3.63) is 60.2 Å². The van der Waals surface area contributed by atoms with Crippen molar-refractivity contribution >= 4 is 17.7 Å². The normalized spacial score (nSPS) is 24.9. The molecule has 3 atom stereocenters. The minimum atomic E-state index is -2.12. The van der Waals surface area contributed by atoms with Gasteiger partial charge in [-0.15, -0.1) is 0 Å². The van der Waals surface area contributed by atoms with E-state index in [4.69, 9.17) is 9.47 Å². The molecule has 0 bridgehead atoms. The van der Waals surface area contributed by atoms with Crippen molar-refractivity contribution in [2.75, 3.05) is 0 Å². The number of ether oxygens (including phenoxy) is 2. The van der Waals surface area contributed by atoms with Crippen LogP contribution >= 0.6 is 0 Å². The number of hydrogen-bond donors (Lipinski definition) is 2. The van der Waals surface area contributed by atoms with Gasteiger partial charge in [0, 0.05) is 30.4 Å². The van der Waals surface area contributed by atoms with Gasteiger partial charge in [-0.1, -0.05) is 6.07 Å². The number of esters is 2. The molecule has 9 heteroatoms. The lowest BCUT2D eigenvalue weighted by Gasteiger charge is -2.34. The van der Waals surface area contributed by atoms with E-state index in [2.05, 4.69) is 9.97 Å². The number of nitrogens with zero attached hydrogens (tertiary/aromatic N) is 2. The highest BCUT2D eigenvalue weighted by Gasteiger charge is 2.52. The van der Waals surface area contributed by atoms with Crippen LogP contribution in [0, 0.1) is 0 Å². The van der Waals surface area contributed by atoms with Crippen molar-refractivity contribution in [3.8, 4) is 0 Å². The number of carbonyl (C=O) groups is 3. The highest BCUT2D eigenvalue weighted by atomic mass is 16.7. The SMILES string of the molecule is CC(C(=O)c1cccnc1)(c1cccnc1)C1OC(=O)C(O)C(O)C(=O)O1. The topological polar surface area (TPSA) is 136 Å². The van der Waals surface area contributed by atoms with E-state index in [0.717, 1.165) is 0 Å². The van der Waals surface area contributed by atoms with Crippen LogP contribution in [0.3, 0.4) is 0 Å². The molecule has 1 fully saturated rings. The number of carbonyl (C=O) groups excluding carboxylic acids is 3. The van der Waals surface area contributed by atoms with Crippen LogP contribution in [0.25, 0.3) is 0 Å². The Labute approximate surface area is 153 Å². The first-order valence-corrected chi connectivity index (χ1v) is 7.98. The maximum Gasteiger partial charge on any atom is 0.341 e. The molecule has 0 aliphatic carbocycles. The van der Waals surface area contributed by atoms with Crippen molar-refractivity contribution in [1.82, 2.24) is 9.97 Å². The summed E-state index contributed by atoms with van der Waals surface area (Å²) < 4.78 is 10.1. The minimum absolute atomic E-state index is 0.182. The summed E-state index contributed by atoms with van der Waals surface area (Å²) in [4.78, 5) is 45.2. The van der Waals surface area contributed by atoms with Crippen molar-refractivity contribution in [2.45, 2.75) is 30.8 Å². The minimum Gasteiger partial charge on any atom is -0.422 e. The highest BCUT2D eigenvalue weighted by molar-refractivity contribution is 6.04. The van der Waals surface area contributed by atoms with E-state index in [0.29, 0.717) is 5.56 Å². The zero-order chi connectivity index (χ0) is 19.6. The number of pyridine rings is 2. The van der Waals surface area contributed by atoms with E-state index in [1.54, 1.807) is 18.2 Å². The number of aliphatic hydroxyl groups excluding tert-OH is 2. The zero-order valence-electron chi connectivity index (χ0n) is 14.2. The first kappa shape index (κ1) is 18.6. The van der Waals surface area contributed by atoms with Gasteiger partial charge in [-0.25, -0.2) is 9.59 Å². The Bertz CT molecular complexity index is 837. The lowest BCUT2D eigenvalue weighted by Crippen LogP contribution is -2.48. The second-order valence-corrected chi connectivity index (χ2v) is 6.11. The molecule has 1 aliphatic rings. The number of ketones is 1. The Balaban J connectivity index is 2.11. The molecular weight excluding hydrogens is 356 g/mol. The van der Waals surface area contributed by atoms with E-state index >= 15 is 0 Å². The van der Waals surface area contributed by atoms with Crippen LogP contribution in [0.15, 0.2) is 49.1 Å². The molecule has 3 unspecified atom stereocenters. The summed E-state index contributed by atoms with van der Waals surface area (Å²) in [6.07, 6.45) is -0.313. The van der Waals surface area contributed by atoms with Crippen molar-refractivity contribution in [3.63, 3.8) is 0 Å². The van der Waals surface area contributed by atoms with E-state index in [-0.39, 0.29) is 5.56 Å². The monoisotopic (exact) mass is 372 g/mol. The molecule has 0 aromatic carbocycles. The Morgan fingerprint density at radius 2 is 1.56 bits per heavy atom. The molecule has 3 heterocycles. The van der Waals surface area contributed by atoms with Crippen LogP contribution in [0.1, 0.15) is 22.8 Å². The van der Waals surface area contributed by atoms with E-state index in [9.17, 15) is 24.6 Å². The number of Topliss-reactive ketones (excluding diaryl/α,β-unsaturated/α-hetero) is 1. The standard InChI is InChI=1S/C18H16N2O7/c1-18(11-5-3-7-20-9-11,14(23)10-4-2-6-19-8-10)17-26-15(24)12(21)13(22)16(25)27-17/h2-9,12-13,17,21-22H,1H3. The molecule has 27 heavy (non-hydrogen) atoms. The highest BCUT2D eigenvalue weighted by Crippen LogP contribution is 2.35. The second-order valence-electron chi connectivity index (χ2n) is 6.11. The Morgan fingerprint density at radius 3 is 2.04 bits per heavy atom. The lowest BCUT2D eigenvalue weighted by molar-refractivity contribution is -0.192. The smallest absolute Gasteiger partial charge is 0.341 e. The van der Waals surface area contributed by atoms with Gasteiger partial charge in [-0.3, -0.25) is 14.8 Å².